The predicted molar refractivity (Wildman–Crippen MR) is 113 cm³/mol. The Labute approximate surface area is 165 Å². The molecular weight excluding hydrogens is 371 g/mol. The lowest BCUT2D eigenvalue weighted by Gasteiger charge is -2.18. The van der Waals surface area contributed by atoms with Crippen molar-refractivity contribution < 1.29 is 13.6 Å². The fourth-order valence-electron chi connectivity index (χ4n) is 2.65. The summed E-state index contributed by atoms with van der Waals surface area (Å²) < 4.78 is 18.0. The van der Waals surface area contributed by atoms with Crippen molar-refractivity contribution in [3.8, 4) is 5.75 Å². The van der Waals surface area contributed by atoms with Crippen LogP contribution in [-0.2, 0) is 22.3 Å². The highest BCUT2D eigenvalue weighted by Gasteiger charge is 2.17. The maximum Gasteiger partial charge on any atom is 0.397 e. The molecule has 1 aliphatic rings. The Hall–Kier alpha value is -2.85. The molecule has 0 aliphatic carbocycles. The molecule has 0 saturated carbocycles. The van der Waals surface area contributed by atoms with Gasteiger partial charge in [0.05, 0.1) is 24.6 Å². The van der Waals surface area contributed by atoms with E-state index in [0.717, 1.165) is 22.5 Å². The van der Waals surface area contributed by atoms with E-state index >= 15 is 0 Å². The fourth-order valence-corrected chi connectivity index (χ4v) is 3.61. The number of para-hydroxylation sites is 3. The molecule has 0 N–H and O–H groups in total. The van der Waals surface area contributed by atoms with Gasteiger partial charge < -0.3 is 4.52 Å². The van der Waals surface area contributed by atoms with Gasteiger partial charge in [-0.25, -0.2) is 0 Å². The molecule has 0 fully saturated rings. The van der Waals surface area contributed by atoms with Crippen molar-refractivity contribution in [2.75, 3.05) is 0 Å². The van der Waals surface area contributed by atoms with Gasteiger partial charge in [0, 0.05) is 23.6 Å². The topological polar surface area (TPSA) is 52.4 Å². The van der Waals surface area contributed by atoms with E-state index in [1.807, 2.05) is 78.9 Å². The minimum atomic E-state index is -1.60. The summed E-state index contributed by atoms with van der Waals surface area (Å²) >= 11 is 0. The maximum atomic E-state index is 6.01. The van der Waals surface area contributed by atoms with Crippen molar-refractivity contribution in [3.05, 3.63) is 90.0 Å². The average molecular weight is 390 g/mol. The summed E-state index contributed by atoms with van der Waals surface area (Å²) in [4.78, 5) is 9.01. The quantitative estimate of drug-likeness (QED) is 0.494. The van der Waals surface area contributed by atoms with Gasteiger partial charge in [-0.2, -0.15) is 0 Å². The van der Waals surface area contributed by atoms with Gasteiger partial charge in [-0.1, -0.05) is 54.6 Å². The van der Waals surface area contributed by atoms with Crippen molar-refractivity contribution in [1.29, 1.82) is 0 Å². The SMILES string of the molecule is C1=Nc2ccccc2COP(Oc2ccccc2)OCc2ccccc2N=C1. The van der Waals surface area contributed by atoms with Crippen LogP contribution in [0.2, 0.25) is 0 Å². The van der Waals surface area contributed by atoms with Crippen molar-refractivity contribution in [2.24, 2.45) is 9.98 Å². The average Bonchev–Trinajstić information content (AvgIpc) is 2.76. The van der Waals surface area contributed by atoms with Crippen LogP contribution < -0.4 is 4.52 Å². The molecule has 0 radical (unpaired) electrons. The Kier molecular flexibility index (Phi) is 6.20. The van der Waals surface area contributed by atoms with E-state index in [4.69, 9.17) is 13.6 Å². The Morgan fingerprint density at radius 3 is 1.71 bits per heavy atom. The Morgan fingerprint density at radius 2 is 1.14 bits per heavy atom. The van der Waals surface area contributed by atoms with Gasteiger partial charge in [0.15, 0.2) is 0 Å². The van der Waals surface area contributed by atoms with Crippen LogP contribution in [0.3, 0.4) is 0 Å². The highest BCUT2D eigenvalue weighted by atomic mass is 31.2. The maximum absolute atomic E-state index is 6.01. The van der Waals surface area contributed by atoms with Gasteiger partial charge in [0.25, 0.3) is 0 Å². The van der Waals surface area contributed by atoms with Crippen LogP contribution >= 0.6 is 8.60 Å². The summed E-state index contributed by atoms with van der Waals surface area (Å²) in [7, 11) is -1.60. The van der Waals surface area contributed by atoms with Crippen LogP contribution in [0.25, 0.3) is 0 Å². The predicted octanol–water partition coefficient (Wildman–Crippen LogP) is 6.14. The molecule has 0 amide bonds. The summed E-state index contributed by atoms with van der Waals surface area (Å²) in [5.41, 5.74) is 3.57. The van der Waals surface area contributed by atoms with Crippen LogP contribution in [0, 0.1) is 0 Å². The first-order valence-corrected chi connectivity index (χ1v) is 9.99. The summed E-state index contributed by atoms with van der Waals surface area (Å²) in [5.74, 6) is 0.704. The molecule has 0 bridgehead atoms. The molecule has 0 aromatic heterocycles. The molecule has 0 spiro atoms. The molecule has 3 aromatic carbocycles. The number of fused-ring (bicyclic) bond motifs is 2. The molecule has 4 rings (SSSR count). The van der Waals surface area contributed by atoms with Crippen molar-refractivity contribution in [1.82, 2.24) is 0 Å². The Morgan fingerprint density at radius 1 is 0.643 bits per heavy atom. The first kappa shape index (κ1) is 18.5. The molecule has 0 saturated heterocycles. The Balaban J connectivity index is 1.64. The third kappa shape index (κ3) is 4.90. The lowest BCUT2D eigenvalue weighted by molar-refractivity contribution is 0.192. The smallest absolute Gasteiger partial charge is 0.397 e. The minimum absolute atomic E-state index is 0.338. The molecule has 5 nitrogen and oxygen atoms in total. The van der Waals surface area contributed by atoms with Gasteiger partial charge >= 0.3 is 8.60 Å². The van der Waals surface area contributed by atoms with E-state index in [2.05, 4.69) is 9.98 Å². The van der Waals surface area contributed by atoms with Crippen LogP contribution in [-0.4, -0.2) is 12.4 Å². The molecule has 6 heteroatoms. The molecule has 140 valence electrons. The monoisotopic (exact) mass is 390 g/mol. The van der Waals surface area contributed by atoms with E-state index in [1.54, 1.807) is 12.4 Å². The minimum Gasteiger partial charge on any atom is -0.427 e. The third-order valence-corrected chi connectivity index (χ3v) is 5.09. The van der Waals surface area contributed by atoms with E-state index in [1.165, 1.54) is 0 Å². The summed E-state index contributed by atoms with van der Waals surface area (Å²) in [6.45, 7) is 0.676. The normalized spacial score (nSPS) is 16.8. The fraction of sp³-hybridized carbons (Fsp3) is 0.0909. The van der Waals surface area contributed by atoms with Gasteiger partial charge in [-0.3, -0.25) is 19.0 Å². The first-order chi connectivity index (χ1) is 13.9. The number of benzene rings is 3. The number of hydrogen-bond acceptors (Lipinski definition) is 5. The summed E-state index contributed by atoms with van der Waals surface area (Å²) in [5, 5.41) is 0. The zero-order valence-corrected chi connectivity index (χ0v) is 16.0. The van der Waals surface area contributed by atoms with Crippen LogP contribution in [0.4, 0.5) is 11.4 Å². The van der Waals surface area contributed by atoms with Gasteiger partial charge in [0.2, 0.25) is 0 Å². The molecule has 3 aromatic rings. The highest BCUT2D eigenvalue weighted by molar-refractivity contribution is 7.42. The lowest BCUT2D eigenvalue weighted by Crippen LogP contribution is -1.99. The second-order valence-corrected chi connectivity index (χ2v) is 7.13. The zero-order valence-electron chi connectivity index (χ0n) is 15.1. The number of nitrogens with zero attached hydrogens (tertiary/aromatic N) is 2. The van der Waals surface area contributed by atoms with E-state index in [-0.39, 0.29) is 0 Å². The lowest BCUT2D eigenvalue weighted by atomic mass is 10.2. The molecular formula is C22H19N2O3P. The molecule has 1 heterocycles. The van der Waals surface area contributed by atoms with Crippen LogP contribution in [0.15, 0.2) is 88.8 Å². The van der Waals surface area contributed by atoms with E-state index < -0.39 is 8.60 Å². The Bertz CT molecular complexity index is 917. The van der Waals surface area contributed by atoms with Crippen molar-refractivity contribution in [2.45, 2.75) is 13.2 Å². The molecule has 0 atom stereocenters. The zero-order chi connectivity index (χ0) is 19.0. The second-order valence-electron chi connectivity index (χ2n) is 5.99. The largest absolute Gasteiger partial charge is 0.427 e. The molecule has 28 heavy (non-hydrogen) atoms. The summed E-state index contributed by atoms with van der Waals surface area (Å²) in [6, 6.07) is 25.2. The summed E-state index contributed by atoms with van der Waals surface area (Å²) in [6.07, 6.45) is 3.38. The number of rotatable bonds is 2. The number of aliphatic imine (C=N–C) groups is 2. The molecule has 1 aliphatic heterocycles. The second kappa shape index (κ2) is 9.38. The number of hydrogen-bond donors (Lipinski definition) is 0. The van der Waals surface area contributed by atoms with E-state index in [0.29, 0.717) is 19.0 Å². The molecule has 0 unspecified atom stereocenters. The van der Waals surface area contributed by atoms with Crippen molar-refractivity contribution >= 4 is 32.4 Å². The first-order valence-electron chi connectivity index (χ1n) is 8.90. The van der Waals surface area contributed by atoms with Crippen LogP contribution in [0.5, 0.6) is 5.75 Å². The highest BCUT2D eigenvalue weighted by Crippen LogP contribution is 2.43. The third-order valence-electron chi connectivity index (χ3n) is 4.05. The van der Waals surface area contributed by atoms with Gasteiger partial charge in [0.1, 0.15) is 5.75 Å². The van der Waals surface area contributed by atoms with Crippen LogP contribution in [0.1, 0.15) is 11.1 Å². The van der Waals surface area contributed by atoms with Gasteiger partial charge in [-0.05, 0) is 24.3 Å². The standard InChI is InChI=1S/C22H19N2O3P/c1-2-10-20(11-3-1)27-28-25-16-18-8-4-6-12-21(18)23-14-15-24-22-13-7-5-9-19(22)17-26-28/h1-15H,16-17H2. The van der Waals surface area contributed by atoms with Gasteiger partial charge in [-0.15, -0.1) is 0 Å². The van der Waals surface area contributed by atoms with Crippen molar-refractivity contribution in [3.63, 3.8) is 0 Å². The van der Waals surface area contributed by atoms with E-state index in [9.17, 15) is 0 Å².